The third-order valence-electron chi connectivity index (χ3n) is 5.75. The second-order valence-corrected chi connectivity index (χ2v) is 8.90. The first-order valence-electron chi connectivity index (χ1n) is 11.0. The highest BCUT2D eigenvalue weighted by Gasteiger charge is 2.24. The summed E-state index contributed by atoms with van der Waals surface area (Å²) < 4.78 is 10.8. The third kappa shape index (κ3) is 5.82. The van der Waals surface area contributed by atoms with Crippen LogP contribution in [0.3, 0.4) is 0 Å². The summed E-state index contributed by atoms with van der Waals surface area (Å²) in [5, 5.41) is 4.94. The van der Waals surface area contributed by atoms with Gasteiger partial charge in [-0.15, -0.1) is 11.3 Å². The Balaban J connectivity index is 1.35. The third-order valence-corrected chi connectivity index (χ3v) is 6.59. The molecule has 0 radical (unpaired) electrons. The number of hydrogen-bond acceptors (Lipinski definition) is 6. The molecule has 34 heavy (non-hydrogen) atoms. The number of aryl methyl sites for hydroxylation is 1. The number of hydrogen-bond donors (Lipinski definition) is 1. The van der Waals surface area contributed by atoms with Gasteiger partial charge in [0.2, 0.25) is 5.91 Å². The number of carbonyl (C=O) groups is 2. The number of methoxy groups -OCH3 is 1. The number of aromatic nitrogens is 1. The molecule has 2 amide bonds. The number of nitrogens with one attached hydrogen (secondary N) is 1. The fourth-order valence-electron chi connectivity index (χ4n) is 3.86. The van der Waals surface area contributed by atoms with Gasteiger partial charge in [-0.1, -0.05) is 6.07 Å². The van der Waals surface area contributed by atoms with Crippen LogP contribution in [0.15, 0.2) is 54.1 Å². The molecule has 0 saturated carbocycles. The number of amides is 2. The molecule has 176 valence electrons. The molecule has 4 rings (SSSR count). The quantitative estimate of drug-likeness (QED) is 0.500. The van der Waals surface area contributed by atoms with Crippen LogP contribution in [0.25, 0.3) is 6.08 Å². The van der Waals surface area contributed by atoms with E-state index in [0.29, 0.717) is 31.8 Å². The zero-order chi connectivity index (χ0) is 23.9. The summed E-state index contributed by atoms with van der Waals surface area (Å²) in [6, 6.07) is 11.1. The molecule has 7 nitrogen and oxygen atoms in total. The van der Waals surface area contributed by atoms with Crippen molar-refractivity contribution in [2.75, 3.05) is 20.3 Å². The van der Waals surface area contributed by atoms with Gasteiger partial charge in [-0.05, 0) is 71.8 Å². The highest BCUT2D eigenvalue weighted by atomic mass is 32.1. The van der Waals surface area contributed by atoms with E-state index in [9.17, 15) is 9.59 Å². The lowest BCUT2D eigenvalue weighted by Crippen LogP contribution is -2.39. The summed E-state index contributed by atoms with van der Waals surface area (Å²) in [7, 11) is 1.60. The Hall–Kier alpha value is -3.65. The Labute approximate surface area is 203 Å². The van der Waals surface area contributed by atoms with Crippen LogP contribution < -0.4 is 14.8 Å². The first-order chi connectivity index (χ1) is 16.5. The molecule has 0 spiro atoms. The highest BCUT2D eigenvalue weighted by Crippen LogP contribution is 2.24. The smallest absolute Gasteiger partial charge is 0.260 e. The van der Waals surface area contributed by atoms with Gasteiger partial charge in [0.1, 0.15) is 11.5 Å². The Kier molecular flexibility index (Phi) is 7.59. The number of nitrogens with zero attached hydrogens (tertiary/aromatic N) is 2. The average molecular weight is 478 g/mol. The summed E-state index contributed by atoms with van der Waals surface area (Å²) in [6.07, 6.45) is 5.90. The molecular formula is C26H27N3O4S. The molecule has 0 unspecified atom stereocenters. The van der Waals surface area contributed by atoms with Crippen molar-refractivity contribution in [1.82, 2.24) is 15.2 Å². The minimum atomic E-state index is -0.145. The molecule has 0 fully saturated rings. The highest BCUT2D eigenvalue weighted by molar-refractivity contribution is 7.10. The van der Waals surface area contributed by atoms with Gasteiger partial charge in [-0.25, -0.2) is 0 Å². The monoisotopic (exact) mass is 477 g/mol. The number of pyridine rings is 1. The number of rotatable bonds is 8. The van der Waals surface area contributed by atoms with Gasteiger partial charge in [0.05, 0.1) is 7.11 Å². The molecule has 3 aromatic rings. The van der Waals surface area contributed by atoms with Crippen LogP contribution >= 0.6 is 11.3 Å². The summed E-state index contributed by atoms with van der Waals surface area (Å²) in [4.78, 5) is 32.3. The predicted octanol–water partition coefficient (Wildman–Crippen LogP) is 3.75. The number of ether oxygens (including phenoxy) is 2. The fraction of sp³-hybridized carbons (Fsp3) is 0.269. The van der Waals surface area contributed by atoms with E-state index in [2.05, 4.69) is 10.3 Å². The van der Waals surface area contributed by atoms with Crippen LogP contribution in [-0.4, -0.2) is 42.0 Å². The van der Waals surface area contributed by atoms with Gasteiger partial charge >= 0.3 is 0 Å². The van der Waals surface area contributed by atoms with Gasteiger partial charge in [0.15, 0.2) is 6.61 Å². The zero-order valence-corrected chi connectivity index (χ0v) is 20.1. The molecule has 1 aliphatic rings. The SMILES string of the molecule is COc1ccc(OCC(=O)N2CCc3c(cnc(C)c3CNC(=O)C=Cc3cccs3)C2)cc1. The first-order valence-corrected chi connectivity index (χ1v) is 11.9. The minimum Gasteiger partial charge on any atom is -0.497 e. The molecule has 1 aromatic carbocycles. The number of thiophene rings is 1. The lowest BCUT2D eigenvalue weighted by Gasteiger charge is -2.30. The molecule has 0 atom stereocenters. The molecule has 8 heteroatoms. The number of benzene rings is 1. The van der Waals surface area contributed by atoms with Crippen LogP contribution in [0.4, 0.5) is 0 Å². The van der Waals surface area contributed by atoms with Gasteiger partial charge in [-0.3, -0.25) is 14.6 Å². The van der Waals surface area contributed by atoms with E-state index in [4.69, 9.17) is 9.47 Å². The molecule has 0 aliphatic carbocycles. The molecule has 2 aromatic heterocycles. The summed E-state index contributed by atoms with van der Waals surface area (Å²) >= 11 is 1.58. The largest absolute Gasteiger partial charge is 0.497 e. The predicted molar refractivity (Wildman–Crippen MR) is 132 cm³/mol. The van der Waals surface area contributed by atoms with Crippen LogP contribution in [0.2, 0.25) is 0 Å². The normalized spacial score (nSPS) is 12.9. The molecule has 1 aliphatic heterocycles. The summed E-state index contributed by atoms with van der Waals surface area (Å²) in [5.74, 6) is 1.14. The zero-order valence-electron chi connectivity index (χ0n) is 19.2. The van der Waals surface area contributed by atoms with Crippen molar-refractivity contribution in [3.8, 4) is 11.5 Å². The molecule has 0 saturated heterocycles. The van der Waals surface area contributed by atoms with Gasteiger partial charge < -0.3 is 19.7 Å². The van der Waals surface area contributed by atoms with Crippen molar-refractivity contribution in [1.29, 1.82) is 0 Å². The maximum Gasteiger partial charge on any atom is 0.260 e. The lowest BCUT2D eigenvalue weighted by atomic mass is 9.95. The van der Waals surface area contributed by atoms with Gasteiger partial charge in [-0.2, -0.15) is 0 Å². The second kappa shape index (κ2) is 11.0. The van der Waals surface area contributed by atoms with Crippen LogP contribution in [-0.2, 0) is 29.1 Å². The number of carbonyl (C=O) groups excluding carboxylic acids is 2. The first kappa shape index (κ1) is 23.5. The number of fused-ring (bicyclic) bond motifs is 1. The standard InChI is InChI=1S/C26H27N3O4S/c1-18-24(15-28-25(30)10-9-22-4-3-13-34-22)23-11-12-29(16-19(23)14-27-18)26(31)17-33-21-7-5-20(32-2)6-8-21/h3-10,13-14H,11-12,15-17H2,1-2H3,(H,28,30). The molecule has 1 N–H and O–H groups in total. The topological polar surface area (TPSA) is 80.8 Å². The van der Waals surface area contributed by atoms with Crippen LogP contribution in [0.5, 0.6) is 11.5 Å². The van der Waals surface area contributed by atoms with E-state index in [1.165, 1.54) is 0 Å². The fourth-order valence-corrected chi connectivity index (χ4v) is 4.47. The summed E-state index contributed by atoms with van der Waals surface area (Å²) in [5.41, 5.74) is 4.09. The second-order valence-electron chi connectivity index (χ2n) is 7.92. The van der Waals surface area contributed by atoms with E-state index in [-0.39, 0.29) is 18.4 Å². The van der Waals surface area contributed by atoms with Crippen LogP contribution in [0.1, 0.15) is 27.3 Å². The van der Waals surface area contributed by atoms with Gasteiger partial charge in [0.25, 0.3) is 5.91 Å². The van der Waals surface area contributed by atoms with Crippen LogP contribution in [0, 0.1) is 6.92 Å². The van der Waals surface area contributed by atoms with Crippen molar-refractivity contribution < 1.29 is 19.1 Å². The van der Waals surface area contributed by atoms with E-state index >= 15 is 0 Å². The van der Waals surface area contributed by atoms with Gasteiger partial charge in [0, 0.05) is 42.5 Å². The van der Waals surface area contributed by atoms with Crippen molar-refractivity contribution in [2.24, 2.45) is 0 Å². The molecule has 3 heterocycles. The molecular weight excluding hydrogens is 450 g/mol. The lowest BCUT2D eigenvalue weighted by molar-refractivity contribution is -0.134. The van der Waals surface area contributed by atoms with E-state index in [1.54, 1.807) is 53.7 Å². The van der Waals surface area contributed by atoms with Crippen molar-refractivity contribution in [3.63, 3.8) is 0 Å². The molecule has 0 bridgehead atoms. The Morgan fingerprint density at radius 1 is 1.21 bits per heavy atom. The Bertz CT molecular complexity index is 1170. The maximum atomic E-state index is 12.7. The van der Waals surface area contributed by atoms with E-state index in [0.717, 1.165) is 33.0 Å². The van der Waals surface area contributed by atoms with Crippen molar-refractivity contribution in [3.05, 3.63) is 81.3 Å². The Morgan fingerprint density at radius 2 is 2.00 bits per heavy atom. The van der Waals surface area contributed by atoms with E-state index < -0.39 is 0 Å². The Morgan fingerprint density at radius 3 is 2.74 bits per heavy atom. The minimum absolute atomic E-state index is 0.0273. The summed E-state index contributed by atoms with van der Waals surface area (Å²) in [6.45, 7) is 3.40. The maximum absolute atomic E-state index is 12.7. The van der Waals surface area contributed by atoms with E-state index in [1.807, 2.05) is 36.7 Å². The van der Waals surface area contributed by atoms with Crippen molar-refractivity contribution in [2.45, 2.75) is 26.4 Å². The van der Waals surface area contributed by atoms with Crippen molar-refractivity contribution >= 4 is 29.2 Å². The average Bonchev–Trinajstić information content (AvgIpc) is 3.39.